The summed E-state index contributed by atoms with van der Waals surface area (Å²) >= 11 is 0. The summed E-state index contributed by atoms with van der Waals surface area (Å²) in [5.41, 5.74) is 1.52. The lowest BCUT2D eigenvalue weighted by Gasteiger charge is -2.25. The molecule has 0 aliphatic heterocycles. The molecule has 164 valence electrons. The Labute approximate surface area is 182 Å². The predicted molar refractivity (Wildman–Crippen MR) is 122 cm³/mol. The van der Waals surface area contributed by atoms with Crippen molar-refractivity contribution < 1.29 is 14.3 Å². The van der Waals surface area contributed by atoms with Crippen molar-refractivity contribution >= 4 is 29.1 Å². The molecule has 1 atom stereocenters. The minimum atomic E-state index is -0.731. The van der Waals surface area contributed by atoms with Crippen molar-refractivity contribution in [2.45, 2.75) is 45.2 Å². The summed E-state index contributed by atoms with van der Waals surface area (Å²) in [5.74, 6) is 2.39. The monoisotopic (exact) mass is 423 g/mol. The van der Waals surface area contributed by atoms with Crippen LogP contribution < -0.4 is 20.1 Å². The Hall–Kier alpha value is -3.42. The van der Waals surface area contributed by atoms with Crippen molar-refractivity contribution in [3.05, 3.63) is 42.1 Å². The number of carbonyl (C=O) groups is 1. The van der Waals surface area contributed by atoms with Gasteiger partial charge in [0.05, 0.1) is 25.3 Å². The summed E-state index contributed by atoms with van der Waals surface area (Å²) < 4.78 is 10.7. The van der Waals surface area contributed by atoms with E-state index in [1.807, 2.05) is 37.3 Å². The number of ether oxygens (including phenoxy) is 2. The van der Waals surface area contributed by atoms with Crippen LogP contribution in [0.4, 0.5) is 11.8 Å². The van der Waals surface area contributed by atoms with Crippen LogP contribution in [-0.2, 0) is 11.3 Å². The first-order chi connectivity index (χ1) is 15.0. The lowest BCUT2D eigenvalue weighted by Crippen LogP contribution is -2.37. The van der Waals surface area contributed by atoms with Gasteiger partial charge < -0.3 is 24.9 Å². The number of unbranched alkanes of at least 4 members (excludes halogenated alkanes) is 1. The van der Waals surface area contributed by atoms with Crippen molar-refractivity contribution in [3.63, 3.8) is 0 Å². The van der Waals surface area contributed by atoms with Gasteiger partial charge in [0.25, 0.3) is 0 Å². The highest BCUT2D eigenvalue weighted by atomic mass is 16.5. The molecule has 0 saturated heterocycles. The Morgan fingerprint density at radius 3 is 2.71 bits per heavy atom. The number of pyridine rings is 1. The van der Waals surface area contributed by atoms with Crippen LogP contribution in [-0.4, -0.2) is 41.0 Å². The zero-order chi connectivity index (χ0) is 22.3. The molecule has 0 radical (unpaired) electrons. The molecule has 8 heteroatoms. The van der Waals surface area contributed by atoms with Gasteiger partial charge in [0.1, 0.15) is 23.3 Å². The van der Waals surface area contributed by atoms with Crippen LogP contribution in [0.5, 0.6) is 11.5 Å². The Kier molecular flexibility index (Phi) is 7.23. The van der Waals surface area contributed by atoms with Gasteiger partial charge in [0.2, 0.25) is 5.95 Å². The molecule has 2 N–H and O–H groups in total. The highest BCUT2D eigenvalue weighted by Gasteiger charge is 2.25. The molecule has 0 saturated carbocycles. The minimum absolute atomic E-state index is 0.435. The van der Waals surface area contributed by atoms with Crippen LogP contribution in [0.1, 0.15) is 38.7 Å². The molecule has 0 amide bonds. The number of carbonyl (C=O) groups excluding carboxylic acids is 1. The zero-order valence-corrected chi connectivity index (χ0v) is 18.4. The molecular weight excluding hydrogens is 394 g/mol. The second kappa shape index (κ2) is 10.1. The van der Waals surface area contributed by atoms with Gasteiger partial charge >= 0.3 is 0 Å². The number of nitrogens with zero attached hydrogens (tertiary/aromatic N) is 3. The largest absolute Gasteiger partial charge is 0.497 e. The summed E-state index contributed by atoms with van der Waals surface area (Å²) in [6.45, 7) is 4.43. The number of anilines is 2. The molecular formula is C23H29N5O3. The summed E-state index contributed by atoms with van der Waals surface area (Å²) in [4.78, 5) is 25.5. The molecule has 1 aromatic carbocycles. The first kappa shape index (κ1) is 22.3. The van der Waals surface area contributed by atoms with Gasteiger partial charge in [0, 0.05) is 24.4 Å². The molecule has 0 spiro atoms. The van der Waals surface area contributed by atoms with Gasteiger partial charge in [-0.3, -0.25) is 4.98 Å². The van der Waals surface area contributed by atoms with E-state index in [2.05, 4.69) is 32.5 Å². The Morgan fingerprint density at radius 1 is 1.16 bits per heavy atom. The van der Waals surface area contributed by atoms with E-state index < -0.39 is 5.54 Å². The van der Waals surface area contributed by atoms with E-state index in [0.29, 0.717) is 41.5 Å². The number of aldehydes is 1. The highest BCUT2D eigenvalue weighted by molar-refractivity contribution is 5.88. The van der Waals surface area contributed by atoms with Crippen molar-refractivity contribution in [3.8, 4) is 11.5 Å². The molecule has 0 fully saturated rings. The SMILES string of the molecule is CCCCC(C)(C=O)Nc1nc(NCc2ccc(OC)cc2OC)nc2cccnc12. The van der Waals surface area contributed by atoms with E-state index in [1.165, 1.54) is 0 Å². The highest BCUT2D eigenvalue weighted by Crippen LogP contribution is 2.27. The van der Waals surface area contributed by atoms with Gasteiger partial charge in [-0.25, -0.2) is 4.98 Å². The van der Waals surface area contributed by atoms with Crippen LogP contribution in [0.25, 0.3) is 11.0 Å². The van der Waals surface area contributed by atoms with Crippen molar-refractivity contribution in [1.82, 2.24) is 15.0 Å². The topological polar surface area (TPSA) is 98.3 Å². The standard InChI is InChI=1S/C23H29N5O3/c1-5-6-11-23(2,15-29)28-21-20-18(8-7-12-24-20)26-22(27-21)25-14-16-9-10-17(30-3)13-19(16)31-4/h7-10,12-13,15H,5-6,11,14H2,1-4H3,(H2,25,26,27,28). The van der Waals surface area contributed by atoms with Crippen LogP contribution in [0.2, 0.25) is 0 Å². The molecule has 2 heterocycles. The minimum Gasteiger partial charge on any atom is -0.497 e. The average Bonchev–Trinajstić information content (AvgIpc) is 2.81. The fourth-order valence-corrected chi connectivity index (χ4v) is 3.27. The number of rotatable bonds is 11. The Bertz CT molecular complexity index is 1040. The molecule has 0 aliphatic carbocycles. The van der Waals surface area contributed by atoms with Gasteiger partial charge in [-0.1, -0.05) is 19.8 Å². The number of aromatic nitrogens is 3. The van der Waals surface area contributed by atoms with E-state index in [1.54, 1.807) is 20.4 Å². The quantitative estimate of drug-likeness (QED) is 0.443. The van der Waals surface area contributed by atoms with Crippen LogP contribution >= 0.6 is 0 Å². The Balaban J connectivity index is 1.89. The summed E-state index contributed by atoms with van der Waals surface area (Å²) in [6, 6.07) is 9.34. The molecule has 3 aromatic rings. The fourth-order valence-electron chi connectivity index (χ4n) is 3.27. The van der Waals surface area contributed by atoms with Crippen molar-refractivity contribution in [1.29, 1.82) is 0 Å². The third-order valence-corrected chi connectivity index (χ3v) is 5.10. The van der Waals surface area contributed by atoms with Crippen LogP contribution in [0, 0.1) is 0 Å². The van der Waals surface area contributed by atoms with E-state index in [4.69, 9.17) is 9.47 Å². The molecule has 3 rings (SSSR count). The second-order valence-electron chi connectivity index (χ2n) is 7.56. The van der Waals surface area contributed by atoms with Gasteiger partial charge in [-0.15, -0.1) is 0 Å². The number of fused-ring (bicyclic) bond motifs is 1. The number of hydrogen-bond acceptors (Lipinski definition) is 8. The summed E-state index contributed by atoms with van der Waals surface area (Å²) in [7, 11) is 3.24. The fraction of sp³-hybridized carbons (Fsp3) is 0.391. The number of nitrogens with one attached hydrogen (secondary N) is 2. The molecule has 8 nitrogen and oxygen atoms in total. The van der Waals surface area contributed by atoms with Crippen molar-refractivity contribution in [2.24, 2.45) is 0 Å². The maximum atomic E-state index is 11.8. The molecule has 31 heavy (non-hydrogen) atoms. The van der Waals surface area contributed by atoms with Gasteiger partial charge in [-0.2, -0.15) is 4.98 Å². The van der Waals surface area contributed by atoms with Gasteiger partial charge in [0.15, 0.2) is 5.82 Å². The summed E-state index contributed by atoms with van der Waals surface area (Å²) in [5, 5.41) is 6.55. The van der Waals surface area contributed by atoms with E-state index >= 15 is 0 Å². The third kappa shape index (κ3) is 5.39. The first-order valence-electron chi connectivity index (χ1n) is 10.3. The molecule has 0 aliphatic rings. The van der Waals surface area contributed by atoms with E-state index in [-0.39, 0.29) is 0 Å². The Morgan fingerprint density at radius 2 is 2.00 bits per heavy atom. The lowest BCUT2D eigenvalue weighted by molar-refractivity contribution is -0.111. The molecule has 1 unspecified atom stereocenters. The second-order valence-corrected chi connectivity index (χ2v) is 7.56. The van der Waals surface area contributed by atoms with Crippen LogP contribution in [0.15, 0.2) is 36.5 Å². The number of methoxy groups -OCH3 is 2. The summed E-state index contributed by atoms with van der Waals surface area (Å²) in [6.07, 6.45) is 5.27. The van der Waals surface area contributed by atoms with E-state index in [9.17, 15) is 4.79 Å². The first-order valence-corrected chi connectivity index (χ1v) is 10.3. The average molecular weight is 424 g/mol. The lowest BCUT2D eigenvalue weighted by atomic mass is 9.96. The third-order valence-electron chi connectivity index (χ3n) is 5.10. The molecule has 0 bridgehead atoms. The zero-order valence-electron chi connectivity index (χ0n) is 18.4. The van der Waals surface area contributed by atoms with E-state index in [0.717, 1.165) is 30.4 Å². The van der Waals surface area contributed by atoms with Crippen molar-refractivity contribution in [2.75, 3.05) is 24.9 Å². The smallest absolute Gasteiger partial charge is 0.225 e. The van der Waals surface area contributed by atoms with Crippen LogP contribution in [0.3, 0.4) is 0 Å². The predicted octanol–water partition coefficient (Wildman–Crippen LogP) is 4.21. The number of benzene rings is 1. The molecule has 2 aromatic heterocycles. The van der Waals surface area contributed by atoms with Gasteiger partial charge in [-0.05, 0) is 37.6 Å². The normalized spacial score (nSPS) is 12.8. The number of hydrogen-bond donors (Lipinski definition) is 2. The maximum absolute atomic E-state index is 11.8. The maximum Gasteiger partial charge on any atom is 0.225 e.